The van der Waals surface area contributed by atoms with Gasteiger partial charge in [0, 0.05) is 4.47 Å². The Balaban J connectivity index is 3.14. The maximum Gasteiger partial charge on any atom is 0.339 e. The lowest BCUT2D eigenvalue weighted by atomic mass is 10.0. The first-order valence-corrected chi connectivity index (χ1v) is 5.47. The van der Waals surface area contributed by atoms with Gasteiger partial charge in [-0.25, -0.2) is 4.79 Å². The molecule has 1 N–H and O–H groups in total. The number of halogens is 1. The molecule has 0 spiro atoms. The Bertz CT molecular complexity index is 426. The van der Waals surface area contributed by atoms with E-state index in [1.54, 1.807) is 12.1 Å². The van der Waals surface area contributed by atoms with E-state index in [4.69, 9.17) is 0 Å². The lowest BCUT2D eigenvalue weighted by Gasteiger charge is -2.11. The molecule has 0 saturated carbocycles. The molecule has 0 aliphatic carbocycles. The Labute approximate surface area is 103 Å². The Kier molecular flexibility index (Phi) is 4.26. The minimum atomic E-state index is -1.26. The molecule has 0 radical (unpaired) electrons. The average molecular weight is 285 g/mol. The van der Waals surface area contributed by atoms with Crippen molar-refractivity contribution in [2.24, 2.45) is 0 Å². The fraction of sp³-hybridized carbons (Fsp3) is 0.250. The van der Waals surface area contributed by atoms with Crippen LogP contribution in [0.5, 0.6) is 0 Å². The summed E-state index contributed by atoms with van der Waals surface area (Å²) in [5.74, 6) is -0.675. The number of methoxy groups -OCH3 is 1. The van der Waals surface area contributed by atoms with Gasteiger partial charge in [-0.15, -0.1) is 0 Å². The number of aliphatic hydroxyl groups excluding tert-OH is 1. The highest BCUT2D eigenvalue weighted by molar-refractivity contribution is 9.10. The van der Waals surface area contributed by atoms with Gasteiger partial charge in [0.1, 0.15) is 0 Å². The van der Waals surface area contributed by atoms with E-state index in [0.29, 0.717) is 5.56 Å². The van der Waals surface area contributed by atoms with Crippen LogP contribution >= 0.6 is 15.9 Å². The van der Waals surface area contributed by atoms with E-state index in [0.717, 1.165) is 15.6 Å². The second-order valence-corrected chi connectivity index (χ2v) is 4.39. The number of hydrogen-bond donors (Lipinski definition) is 1. The molecule has 0 aromatic heterocycles. The quantitative estimate of drug-likeness (QED) is 0.868. The molecule has 3 nitrogen and oxygen atoms in total. The largest absolute Gasteiger partial charge is 0.467 e. The molecule has 0 bridgehead atoms. The van der Waals surface area contributed by atoms with Gasteiger partial charge >= 0.3 is 5.97 Å². The van der Waals surface area contributed by atoms with Crippen LogP contribution in [0.3, 0.4) is 0 Å². The highest BCUT2D eigenvalue weighted by Gasteiger charge is 2.18. The van der Waals surface area contributed by atoms with Crippen molar-refractivity contribution in [1.82, 2.24) is 0 Å². The summed E-state index contributed by atoms with van der Waals surface area (Å²) >= 11 is 3.32. The first kappa shape index (κ1) is 12.9. The van der Waals surface area contributed by atoms with Crippen LogP contribution in [-0.2, 0) is 9.53 Å². The zero-order valence-corrected chi connectivity index (χ0v) is 10.7. The van der Waals surface area contributed by atoms with Crippen molar-refractivity contribution in [2.45, 2.75) is 13.0 Å². The number of carbonyl (C=O) groups is 1. The molecule has 1 unspecified atom stereocenters. The molecule has 4 heteroatoms. The summed E-state index contributed by atoms with van der Waals surface area (Å²) in [6.07, 6.45) is -1.26. The SMILES string of the molecule is C=C(C)c1cc(Br)cc(C(O)C(=O)OC)c1. The molecule has 16 heavy (non-hydrogen) atoms. The van der Waals surface area contributed by atoms with Gasteiger partial charge in [0.05, 0.1) is 7.11 Å². The molecule has 0 fully saturated rings. The van der Waals surface area contributed by atoms with Crippen molar-refractivity contribution < 1.29 is 14.6 Å². The lowest BCUT2D eigenvalue weighted by molar-refractivity contribution is -0.150. The van der Waals surface area contributed by atoms with Crippen LogP contribution in [0.1, 0.15) is 24.2 Å². The monoisotopic (exact) mass is 284 g/mol. The average Bonchev–Trinajstić information content (AvgIpc) is 2.26. The van der Waals surface area contributed by atoms with Crippen molar-refractivity contribution in [3.63, 3.8) is 0 Å². The topological polar surface area (TPSA) is 46.5 Å². The van der Waals surface area contributed by atoms with Gasteiger partial charge in [-0.2, -0.15) is 0 Å². The molecular formula is C12H13BrO3. The molecule has 0 aliphatic rings. The number of allylic oxidation sites excluding steroid dienone is 1. The maximum absolute atomic E-state index is 11.2. The number of benzene rings is 1. The third-order valence-electron chi connectivity index (χ3n) is 2.15. The van der Waals surface area contributed by atoms with Crippen LogP contribution in [0, 0.1) is 0 Å². The smallest absolute Gasteiger partial charge is 0.339 e. The van der Waals surface area contributed by atoms with Gasteiger partial charge < -0.3 is 9.84 Å². The van der Waals surface area contributed by atoms with Gasteiger partial charge in [-0.3, -0.25) is 0 Å². The van der Waals surface area contributed by atoms with E-state index in [9.17, 15) is 9.90 Å². The van der Waals surface area contributed by atoms with Gasteiger partial charge in [0.15, 0.2) is 6.10 Å². The standard InChI is InChI=1S/C12H13BrO3/c1-7(2)8-4-9(6-10(13)5-8)11(14)12(15)16-3/h4-6,11,14H,1H2,2-3H3. The number of ether oxygens (including phenoxy) is 1. The first-order chi connectivity index (χ1) is 7.45. The summed E-state index contributed by atoms with van der Waals surface area (Å²) in [6.45, 7) is 5.67. The Morgan fingerprint density at radius 1 is 1.50 bits per heavy atom. The van der Waals surface area contributed by atoms with Crippen molar-refractivity contribution in [3.8, 4) is 0 Å². The van der Waals surface area contributed by atoms with Gasteiger partial charge in [-0.1, -0.05) is 28.1 Å². The summed E-state index contributed by atoms with van der Waals surface area (Å²) in [5.41, 5.74) is 2.21. The Morgan fingerprint density at radius 3 is 2.62 bits per heavy atom. The molecule has 1 aromatic rings. The summed E-state index contributed by atoms with van der Waals surface area (Å²) < 4.78 is 5.26. The second-order valence-electron chi connectivity index (χ2n) is 3.48. The summed E-state index contributed by atoms with van der Waals surface area (Å²) in [4.78, 5) is 11.2. The fourth-order valence-electron chi connectivity index (χ4n) is 1.26. The fourth-order valence-corrected chi connectivity index (χ4v) is 1.78. The third kappa shape index (κ3) is 2.93. The Morgan fingerprint density at radius 2 is 2.12 bits per heavy atom. The second kappa shape index (κ2) is 5.27. The molecule has 0 heterocycles. The van der Waals surface area contributed by atoms with Crippen LogP contribution in [0.4, 0.5) is 0 Å². The number of hydrogen-bond acceptors (Lipinski definition) is 3. The zero-order chi connectivity index (χ0) is 12.3. The number of carbonyl (C=O) groups excluding carboxylic acids is 1. The molecule has 0 aliphatic heterocycles. The normalized spacial score (nSPS) is 12.0. The van der Waals surface area contributed by atoms with Gasteiger partial charge in [-0.05, 0) is 36.2 Å². The van der Waals surface area contributed by atoms with Crippen molar-refractivity contribution in [3.05, 3.63) is 40.4 Å². The molecule has 1 aromatic carbocycles. The number of rotatable bonds is 3. The molecular weight excluding hydrogens is 272 g/mol. The van der Waals surface area contributed by atoms with E-state index in [-0.39, 0.29) is 0 Å². The van der Waals surface area contributed by atoms with Crippen LogP contribution in [0.2, 0.25) is 0 Å². The minimum absolute atomic E-state index is 0.485. The molecule has 86 valence electrons. The van der Waals surface area contributed by atoms with E-state index in [1.165, 1.54) is 7.11 Å². The minimum Gasteiger partial charge on any atom is -0.467 e. The maximum atomic E-state index is 11.2. The van der Waals surface area contributed by atoms with Crippen LogP contribution in [0.25, 0.3) is 5.57 Å². The van der Waals surface area contributed by atoms with Crippen molar-refractivity contribution in [2.75, 3.05) is 7.11 Å². The predicted octanol–water partition coefficient (Wildman–Crippen LogP) is 2.69. The van der Waals surface area contributed by atoms with Gasteiger partial charge in [0.2, 0.25) is 0 Å². The third-order valence-corrected chi connectivity index (χ3v) is 2.61. The van der Waals surface area contributed by atoms with Crippen LogP contribution in [-0.4, -0.2) is 18.2 Å². The van der Waals surface area contributed by atoms with Crippen molar-refractivity contribution >= 4 is 27.5 Å². The van der Waals surface area contributed by atoms with Crippen LogP contribution in [0.15, 0.2) is 29.3 Å². The van der Waals surface area contributed by atoms with Gasteiger partial charge in [0.25, 0.3) is 0 Å². The van der Waals surface area contributed by atoms with E-state index >= 15 is 0 Å². The Hall–Kier alpha value is -1.13. The molecule has 0 amide bonds. The highest BCUT2D eigenvalue weighted by Crippen LogP contribution is 2.25. The van der Waals surface area contributed by atoms with Crippen molar-refractivity contribution in [1.29, 1.82) is 0 Å². The summed E-state index contributed by atoms with van der Waals surface area (Å²) in [7, 11) is 1.24. The first-order valence-electron chi connectivity index (χ1n) is 4.68. The number of aliphatic hydroxyl groups is 1. The van der Waals surface area contributed by atoms with E-state index in [2.05, 4.69) is 27.2 Å². The molecule has 1 rings (SSSR count). The van der Waals surface area contributed by atoms with Crippen LogP contribution < -0.4 is 0 Å². The number of esters is 1. The zero-order valence-electron chi connectivity index (χ0n) is 9.16. The summed E-state index contributed by atoms with van der Waals surface area (Å²) in [6, 6.07) is 5.26. The molecule has 0 saturated heterocycles. The predicted molar refractivity (Wildman–Crippen MR) is 65.8 cm³/mol. The van der Waals surface area contributed by atoms with E-state index < -0.39 is 12.1 Å². The lowest BCUT2D eigenvalue weighted by Crippen LogP contribution is -2.13. The summed E-state index contributed by atoms with van der Waals surface area (Å²) in [5, 5.41) is 9.69. The highest BCUT2D eigenvalue weighted by atomic mass is 79.9. The van der Waals surface area contributed by atoms with E-state index in [1.807, 2.05) is 13.0 Å². The molecule has 1 atom stereocenters.